The van der Waals surface area contributed by atoms with Crippen LogP contribution < -0.4 is 15.5 Å². The van der Waals surface area contributed by atoms with Crippen LogP contribution >= 0.6 is 0 Å². The zero-order valence-corrected chi connectivity index (χ0v) is 31.0. The second-order valence-corrected chi connectivity index (χ2v) is 15.2. The van der Waals surface area contributed by atoms with Crippen LogP contribution in [0.2, 0.25) is 0 Å². The smallest absolute Gasteiger partial charge is 0.143 e. The number of fused-ring (bicyclic) bond motifs is 9. The Hall–Kier alpha value is -7.08. The fraction of sp³-hybridized carbons (Fsp3) is 0.0769. The molecule has 57 heavy (non-hydrogen) atoms. The molecule has 0 saturated heterocycles. The van der Waals surface area contributed by atoms with E-state index >= 15 is 0 Å². The molecule has 3 aliphatic rings. The molecule has 9 aromatic rings. The van der Waals surface area contributed by atoms with E-state index in [1.54, 1.807) is 0 Å². The molecule has 1 aliphatic carbocycles. The highest BCUT2D eigenvalue weighted by molar-refractivity contribution is 6.21. The van der Waals surface area contributed by atoms with E-state index in [-0.39, 0.29) is 24.2 Å². The number of furan rings is 2. The Morgan fingerprint density at radius 2 is 1.18 bits per heavy atom. The Morgan fingerprint density at radius 3 is 2.05 bits per heavy atom. The zero-order chi connectivity index (χ0) is 37.5. The molecule has 7 aromatic carbocycles. The third kappa shape index (κ3) is 4.99. The SMILES string of the molecule is C1=CC2c3ccccc3N(c3cccc4oc5cccc(-c6cccc7c6oc6cccc(C8NC(c9ccccc9)=C[C@@H](c9ccccc9)N8)c67)c5c34)C2C=C1. The highest BCUT2D eigenvalue weighted by Gasteiger charge is 2.38. The summed E-state index contributed by atoms with van der Waals surface area (Å²) in [5.74, 6) is 0.285. The molecule has 5 nitrogen and oxygen atoms in total. The second-order valence-electron chi connectivity index (χ2n) is 15.2. The molecule has 2 aromatic heterocycles. The van der Waals surface area contributed by atoms with Gasteiger partial charge in [0.05, 0.1) is 23.2 Å². The van der Waals surface area contributed by atoms with Crippen molar-refractivity contribution in [3.05, 3.63) is 210 Å². The maximum absolute atomic E-state index is 6.95. The first kappa shape index (κ1) is 32.2. The lowest BCUT2D eigenvalue weighted by Gasteiger charge is -2.33. The number of rotatable bonds is 5. The lowest BCUT2D eigenvalue weighted by atomic mass is 9.91. The summed E-state index contributed by atoms with van der Waals surface area (Å²) in [4.78, 5) is 2.51. The van der Waals surface area contributed by atoms with Crippen LogP contribution in [0.1, 0.15) is 40.4 Å². The molecule has 0 amide bonds. The lowest BCUT2D eigenvalue weighted by molar-refractivity contribution is 0.445. The molecule has 0 saturated carbocycles. The number of anilines is 2. The molecule has 0 bridgehead atoms. The maximum atomic E-state index is 6.95. The van der Waals surface area contributed by atoms with E-state index in [2.05, 4.69) is 204 Å². The van der Waals surface area contributed by atoms with Gasteiger partial charge in [0.25, 0.3) is 0 Å². The van der Waals surface area contributed by atoms with Crippen molar-refractivity contribution in [1.29, 1.82) is 0 Å². The number of nitrogens with zero attached hydrogens (tertiary/aromatic N) is 1. The summed E-state index contributed by atoms with van der Waals surface area (Å²) >= 11 is 0. The average molecular weight is 736 g/mol. The minimum atomic E-state index is -0.178. The van der Waals surface area contributed by atoms with E-state index in [0.29, 0.717) is 0 Å². The van der Waals surface area contributed by atoms with Crippen molar-refractivity contribution in [3.8, 4) is 11.1 Å². The van der Waals surface area contributed by atoms with E-state index in [0.717, 1.165) is 77.5 Å². The van der Waals surface area contributed by atoms with E-state index in [4.69, 9.17) is 8.83 Å². The summed E-state index contributed by atoms with van der Waals surface area (Å²) in [5.41, 5.74) is 13.9. The first-order chi connectivity index (χ1) is 28.3. The van der Waals surface area contributed by atoms with E-state index in [1.165, 1.54) is 16.8 Å². The van der Waals surface area contributed by atoms with Crippen LogP contribution in [0.3, 0.4) is 0 Å². The van der Waals surface area contributed by atoms with Gasteiger partial charge in [-0.3, -0.25) is 5.32 Å². The van der Waals surface area contributed by atoms with Gasteiger partial charge in [-0.2, -0.15) is 0 Å². The van der Waals surface area contributed by atoms with Crippen LogP contribution in [0.5, 0.6) is 0 Å². The summed E-state index contributed by atoms with van der Waals surface area (Å²) in [5, 5.41) is 12.2. The van der Waals surface area contributed by atoms with Gasteiger partial charge in [-0.25, -0.2) is 0 Å². The number of hydrogen-bond acceptors (Lipinski definition) is 5. The molecule has 12 rings (SSSR count). The fourth-order valence-electron chi connectivity index (χ4n) is 9.63. The van der Waals surface area contributed by atoms with Crippen LogP contribution in [0.15, 0.2) is 197 Å². The molecule has 0 spiro atoms. The van der Waals surface area contributed by atoms with Gasteiger partial charge >= 0.3 is 0 Å². The van der Waals surface area contributed by atoms with Gasteiger partial charge in [0.2, 0.25) is 0 Å². The van der Waals surface area contributed by atoms with Crippen LogP contribution in [0.25, 0.3) is 60.7 Å². The third-order valence-corrected chi connectivity index (χ3v) is 12.1. The second kappa shape index (κ2) is 12.7. The predicted octanol–water partition coefficient (Wildman–Crippen LogP) is 12.9. The summed E-state index contributed by atoms with van der Waals surface area (Å²) in [6.07, 6.45) is 11.1. The molecule has 0 fully saturated rings. The van der Waals surface area contributed by atoms with E-state index < -0.39 is 0 Å². The fourth-order valence-corrected chi connectivity index (χ4v) is 9.63. The first-order valence-electron chi connectivity index (χ1n) is 19.8. The van der Waals surface area contributed by atoms with Crippen molar-refractivity contribution < 1.29 is 8.83 Å². The van der Waals surface area contributed by atoms with Gasteiger partial charge in [0, 0.05) is 44.6 Å². The van der Waals surface area contributed by atoms with Crippen molar-refractivity contribution in [2.45, 2.75) is 24.2 Å². The zero-order valence-electron chi connectivity index (χ0n) is 31.0. The van der Waals surface area contributed by atoms with Gasteiger partial charge in [-0.05, 0) is 58.7 Å². The molecule has 3 unspecified atom stereocenters. The van der Waals surface area contributed by atoms with Crippen molar-refractivity contribution >= 4 is 60.9 Å². The maximum Gasteiger partial charge on any atom is 0.143 e. The lowest BCUT2D eigenvalue weighted by Crippen LogP contribution is -2.39. The average Bonchev–Trinajstić information content (AvgIpc) is 3.97. The minimum Gasteiger partial charge on any atom is -0.456 e. The topological polar surface area (TPSA) is 53.6 Å². The Labute approximate surface area is 329 Å². The van der Waals surface area contributed by atoms with Crippen molar-refractivity contribution in [2.75, 3.05) is 4.90 Å². The first-order valence-corrected chi connectivity index (χ1v) is 19.8. The standard InChI is InChI=1S/C52H37N3O2/c1-3-15-32(16-4-1)40-31-41(33-17-5-2-6-18-33)54-52(53-40)39-24-13-28-45-48(39)38-23-11-22-37(51(38)57-45)36-21-12-29-46-49(36)50-44(27-14-30-47(50)56-46)55-42-25-9-7-19-34(42)35-20-8-10-26-43(35)55/h1-31,34,40,42,52-54H/t34?,40-,42?,52?/m0/s1. The van der Waals surface area contributed by atoms with Crippen molar-refractivity contribution in [1.82, 2.24) is 10.6 Å². The number of para-hydroxylation sites is 2. The van der Waals surface area contributed by atoms with Gasteiger partial charge in [-0.1, -0.05) is 152 Å². The highest BCUT2D eigenvalue weighted by Crippen LogP contribution is 2.52. The highest BCUT2D eigenvalue weighted by atomic mass is 16.3. The molecule has 272 valence electrons. The normalized spacial score (nSPS) is 19.9. The molecular weight excluding hydrogens is 699 g/mol. The van der Waals surface area contributed by atoms with E-state index in [9.17, 15) is 0 Å². The summed E-state index contributed by atoms with van der Waals surface area (Å²) < 4.78 is 13.6. The number of nitrogens with one attached hydrogen (secondary N) is 2. The minimum absolute atomic E-state index is 0.00998. The third-order valence-electron chi connectivity index (χ3n) is 12.1. The summed E-state index contributed by atoms with van der Waals surface area (Å²) in [6.45, 7) is 0. The quantitative estimate of drug-likeness (QED) is 0.184. The Balaban J connectivity index is 1.03. The molecule has 4 heterocycles. The predicted molar refractivity (Wildman–Crippen MR) is 232 cm³/mol. The molecular formula is C52H37N3O2. The largest absolute Gasteiger partial charge is 0.456 e. The Morgan fingerprint density at radius 1 is 0.509 bits per heavy atom. The van der Waals surface area contributed by atoms with Gasteiger partial charge in [0.1, 0.15) is 28.5 Å². The molecule has 0 radical (unpaired) electrons. The number of hydrogen-bond donors (Lipinski definition) is 2. The van der Waals surface area contributed by atoms with Gasteiger partial charge in [0.15, 0.2) is 0 Å². The van der Waals surface area contributed by atoms with Gasteiger partial charge in [-0.15, -0.1) is 0 Å². The Kier molecular flexibility index (Phi) is 7.19. The molecule has 2 N–H and O–H groups in total. The number of benzene rings is 7. The summed E-state index contributed by atoms with van der Waals surface area (Å²) in [7, 11) is 0. The number of allylic oxidation sites excluding steroid dienone is 2. The van der Waals surface area contributed by atoms with Crippen LogP contribution in [-0.2, 0) is 0 Å². The van der Waals surface area contributed by atoms with Crippen LogP contribution in [0, 0.1) is 0 Å². The van der Waals surface area contributed by atoms with E-state index in [1.807, 2.05) is 0 Å². The summed E-state index contributed by atoms with van der Waals surface area (Å²) in [6, 6.07) is 56.1. The molecule has 4 atom stereocenters. The molecule has 5 heteroatoms. The van der Waals surface area contributed by atoms with Crippen molar-refractivity contribution in [2.24, 2.45) is 0 Å². The van der Waals surface area contributed by atoms with Crippen molar-refractivity contribution in [3.63, 3.8) is 0 Å². The molecule has 2 aliphatic heterocycles. The van der Waals surface area contributed by atoms with Crippen LogP contribution in [-0.4, -0.2) is 6.04 Å². The van der Waals surface area contributed by atoms with Gasteiger partial charge < -0.3 is 19.1 Å². The van der Waals surface area contributed by atoms with Crippen LogP contribution in [0.4, 0.5) is 11.4 Å². The monoisotopic (exact) mass is 735 g/mol. The Bertz CT molecular complexity index is 3120.